The first-order chi connectivity index (χ1) is 11.2. The molecule has 2 aliphatic carbocycles. The van der Waals surface area contributed by atoms with Crippen LogP contribution in [0, 0.1) is 16.7 Å². The van der Waals surface area contributed by atoms with Gasteiger partial charge < -0.3 is 29.5 Å². The molecule has 4 rings (SSSR count). The highest BCUT2D eigenvalue weighted by molar-refractivity contribution is 5.88. The van der Waals surface area contributed by atoms with Gasteiger partial charge in [-0.1, -0.05) is 6.92 Å². The molecule has 1 unspecified atom stereocenters. The number of ether oxygens (including phenoxy) is 3. The highest BCUT2D eigenvalue weighted by Crippen LogP contribution is 2.72. The fraction of sp³-hybridized carbons (Fsp3) is 0.875. The minimum Gasteiger partial charge on any atom is -0.464 e. The van der Waals surface area contributed by atoms with Gasteiger partial charge in [0.2, 0.25) is 0 Å². The molecule has 8 heteroatoms. The number of esters is 2. The van der Waals surface area contributed by atoms with Gasteiger partial charge in [-0.05, 0) is 25.2 Å². The van der Waals surface area contributed by atoms with E-state index < -0.39 is 46.2 Å². The summed E-state index contributed by atoms with van der Waals surface area (Å²) in [5, 5.41) is 33.7. The predicted octanol–water partition coefficient (Wildman–Crippen LogP) is -1.26. The van der Waals surface area contributed by atoms with Crippen LogP contribution in [0.3, 0.4) is 0 Å². The number of carbonyl (C=O) groups is 2. The quantitative estimate of drug-likeness (QED) is 0.532. The molecule has 4 fully saturated rings. The number of hydrogen-bond acceptors (Lipinski definition) is 8. The van der Waals surface area contributed by atoms with E-state index in [0.717, 1.165) is 0 Å². The van der Waals surface area contributed by atoms with Crippen LogP contribution in [0.25, 0.3) is 0 Å². The molecule has 3 N–H and O–H groups in total. The van der Waals surface area contributed by atoms with Gasteiger partial charge in [-0.15, -0.1) is 0 Å². The summed E-state index contributed by atoms with van der Waals surface area (Å²) >= 11 is 0. The van der Waals surface area contributed by atoms with E-state index in [-0.39, 0.29) is 32.0 Å². The van der Waals surface area contributed by atoms with Gasteiger partial charge >= 0.3 is 11.9 Å². The highest BCUT2D eigenvalue weighted by Gasteiger charge is 2.88. The van der Waals surface area contributed by atoms with Crippen LogP contribution < -0.4 is 0 Å². The Morgan fingerprint density at radius 3 is 2.58 bits per heavy atom. The number of carbonyl (C=O) groups excluding carboxylic acids is 2. The zero-order valence-corrected chi connectivity index (χ0v) is 13.7. The Labute approximate surface area is 138 Å². The average Bonchev–Trinajstić information content (AvgIpc) is 2.77. The van der Waals surface area contributed by atoms with E-state index in [9.17, 15) is 24.9 Å². The van der Waals surface area contributed by atoms with Crippen LogP contribution in [0.1, 0.15) is 26.2 Å². The van der Waals surface area contributed by atoms with Crippen LogP contribution in [-0.2, 0) is 23.8 Å². The molecule has 2 spiro atoms. The molecule has 8 nitrogen and oxygen atoms in total. The number of hydrogen-bond donors (Lipinski definition) is 3. The van der Waals surface area contributed by atoms with E-state index in [4.69, 9.17) is 14.2 Å². The van der Waals surface area contributed by atoms with Crippen LogP contribution >= 0.6 is 0 Å². The summed E-state index contributed by atoms with van der Waals surface area (Å²) in [5.74, 6) is -1.83. The van der Waals surface area contributed by atoms with Gasteiger partial charge in [0.1, 0.15) is 18.3 Å². The molecule has 0 radical (unpaired) electrons. The molecule has 0 aromatic carbocycles. The van der Waals surface area contributed by atoms with E-state index in [1.165, 1.54) is 7.11 Å². The van der Waals surface area contributed by atoms with Gasteiger partial charge in [0.05, 0.1) is 12.2 Å². The zero-order chi connectivity index (χ0) is 17.5. The first-order valence-electron chi connectivity index (χ1n) is 8.21. The Balaban J connectivity index is 1.99. The lowest BCUT2D eigenvalue weighted by Gasteiger charge is -2.69. The number of methoxy groups -OCH3 is 1. The fourth-order valence-corrected chi connectivity index (χ4v) is 5.88. The molecule has 2 aliphatic heterocycles. The molecule has 2 saturated heterocycles. The molecule has 24 heavy (non-hydrogen) atoms. The number of aliphatic hydroxyl groups is 3. The van der Waals surface area contributed by atoms with Crippen molar-refractivity contribution in [2.24, 2.45) is 16.7 Å². The van der Waals surface area contributed by atoms with Crippen LogP contribution in [0.5, 0.6) is 0 Å². The van der Waals surface area contributed by atoms with Crippen molar-refractivity contribution in [2.45, 2.75) is 49.6 Å². The predicted molar refractivity (Wildman–Crippen MR) is 76.5 cm³/mol. The third-order valence-electron chi connectivity index (χ3n) is 7.19. The average molecular weight is 342 g/mol. The van der Waals surface area contributed by atoms with Crippen molar-refractivity contribution in [3.8, 4) is 0 Å². The Morgan fingerprint density at radius 1 is 1.33 bits per heavy atom. The summed E-state index contributed by atoms with van der Waals surface area (Å²) in [6, 6.07) is 0. The van der Waals surface area contributed by atoms with E-state index >= 15 is 0 Å². The Morgan fingerprint density at radius 2 is 2.04 bits per heavy atom. The fourth-order valence-electron chi connectivity index (χ4n) is 5.88. The van der Waals surface area contributed by atoms with Crippen LogP contribution in [-0.4, -0.2) is 71.0 Å². The summed E-state index contributed by atoms with van der Waals surface area (Å²) in [5.41, 5.74) is -6.59. The highest BCUT2D eigenvalue weighted by atomic mass is 16.6. The molecule has 2 bridgehead atoms. The van der Waals surface area contributed by atoms with Crippen molar-refractivity contribution in [1.82, 2.24) is 0 Å². The van der Waals surface area contributed by atoms with Crippen LogP contribution in [0.15, 0.2) is 0 Å². The van der Waals surface area contributed by atoms with Crippen LogP contribution in [0.4, 0.5) is 0 Å². The second-order valence-corrected chi connectivity index (χ2v) is 7.71. The Hall–Kier alpha value is -1.22. The molecule has 2 saturated carbocycles. The lowest BCUT2D eigenvalue weighted by molar-refractivity contribution is -0.369. The lowest BCUT2D eigenvalue weighted by atomic mass is 9.42. The molecule has 0 amide bonds. The van der Waals surface area contributed by atoms with E-state index in [0.29, 0.717) is 6.42 Å². The maximum absolute atomic E-state index is 12.5. The SMILES string of the molecule is COC[C@@]1(O)[C@H]2C[C@]3([C@H](C)CCC3(O)[C@@]13COC3=O)[C@H](O)C(=O)O2. The topological polar surface area (TPSA) is 123 Å². The lowest BCUT2D eigenvalue weighted by Crippen LogP contribution is -2.87. The molecule has 4 aliphatic rings. The summed E-state index contributed by atoms with van der Waals surface area (Å²) in [6.45, 7) is 1.36. The van der Waals surface area contributed by atoms with Gasteiger partial charge in [0, 0.05) is 12.5 Å². The minimum absolute atomic E-state index is 0.0759. The van der Waals surface area contributed by atoms with Crippen molar-refractivity contribution >= 4 is 11.9 Å². The Kier molecular flexibility index (Phi) is 3.04. The minimum atomic E-state index is -1.91. The van der Waals surface area contributed by atoms with Crippen LogP contribution in [0.2, 0.25) is 0 Å². The summed E-state index contributed by atoms with van der Waals surface area (Å²) < 4.78 is 15.4. The van der Waals surface area contributed by atoms with Gasteiger partial charge in [-0.25, -0.2) is 4.79 Å². The summed E-state index contributed by atoms with van der Waals surface area (Å²) in [4.78, 5) is 24.8. The van der Waals surface area contributed by atoms with E-state index in [2.05, 4.69) is 0 Å². The van der Waals surface area contributed by atoms with Crippen molar-refractivity contribution in [3.05, 3.63) is 0 Å². The van der Waals surface area contributed by atoms with Crippen molar-refractivity contribution in [1.29, 1.82) is 0 Å². The maximum Gasteiger partial charge on any atom is 0.336 e. The Bertz CT molecular complexity index is 621. The normalized spacial score (nSPS) is 55.6. The number of fused-ring (bicyclic) bond motifs is 2. The summed E-state index contributed by atoms with van der Waals surface area (Å²) in [7, 11) is 1.36. The molecule has 2 heterocycles. The van der Waals surface area contributed by atoms with Gasteiger partial charge in [-0.3, -0.25) is 4.79 Å². The van der Waals surface area contributed by atoms with Gasteiger partial charge in [0.15, 0.2) is 11.5 Å². The number of aliphatic hydroxyl groups excluding tert-OH is 1. The van der Waals surface area contributed by atoms with E-state index in [1.54, 1.807) is 0 Å². The zero-order valence-electron chi connectivity index (χ0n) is 13.7. The van der Waals surface area contributed by atoms with Crippen molar-refractivity contribution in [3.63, 3.8) is 0 Å². The molecule has 134 valence electrons. The third kappa shape index (κ3) is 1.31. The third-order valence-corrected chi connectivity index (χ3v) is 7.19. The number of cyclic esters (lactones) is 1. The monoisotopic (exact) mass is 342 g/mol. The second-order valence-electron chi connectivity index (χ2n) is 7.71. The first-order valence-corrected chi connectivity index (χ1v) is 8.21. The summed E-state index contributed by atoms with van der Waals surface area (Å²) in [6.07, 6.45) is -1.82. The van der Waals surface area contributed by atoms with Gasteiger partial charge in [-0.2, -0.15) is 0 Å². The molecule has 0 aromatic rings. The second kappa shape index (κ2) is 4.49. The number of rotatable bonds is 2. The standard InChI is InChI=1S/C16H22O8/c1-8-3-4-16(21)13(8)5-9(24-11(18)10(13)17)15(20,7-22-2)14(16)6-23-12(14)19/h8-10,17,20-21H,3-7H2,1-2H3/t8-,9-,10-,13+,14-,15-,16?/m1/s1. The maximum atomic E-state index is 12.5. The first kappa shape index (κ1) is 16.3. The molecule has 0 aromatic heterocycles. The molecular formula is C16H22O8. The molecule has 7 atom stereocenters. The largest absolute Gasteiger partial charge is 0.464 e. The molecular weight excluding hydrogens is 320 g/mol. The van der Waals surface area contributed by atoms with E-state index in [1.807, 2.05) is 6.92 Å². The smallest absolute Gasteiger partial charge is 0.336 e. The van der Waals surface area contributed by atoms with Crippen molar-refractivity contribution < 1.29 is 39.1 Å². The van der Waals surface area contributed by atoms with Gasteiger partial charge in [0.25, 0.3) is 0 Å². The van der Waals surface area contributed by atoms with Crippen molar-refractivity contribution in [2.75, 3.05) is 20.3 Å².